The number of anilines is 1. The van der Waals surface area contributed by atoms with Gasteiger partial charge < -0.3 is 9.80 Å². The quantitative estimate of drug-likeness (QED) is 0.209. The average molecular weight is 525 g/mol. The monoisotopic (exact) mass is 524 g/mol. The second kappa shape index (κ2) is 13.1. The first-order valence-corrected chi connectivity index (χ1v) is 15.8. The molecule has 3 heteroatoms. The van der Waals surface area contributed by atoms with E-state index in [0.29, 0.717) is 5.78 Å². The maximum Gasteiger partial charge on any atom is 0.174 e. The van der Waals surface area contributed by atoms with Crippen molar-refractivity contribution in [3.63, 3.8) is 0 Å². The van der Waals surface area contributed by atoms with E-state index in [1.54, 1.807) is 0 Å². The van der Waals surface area contributed by atoms with Gasteiger partial charge >= 0.3 is 0 Å². The lowest BCUT2D eigenvalue weighted by Crippen LogP contribution is -2.32. The van der Waals surface area contributed by atoms with Crippen molar-refractivity contribution >= 4 is 22.2 Å². The molecule has 0 unspecified atom stereocenters. The minimum atomic E-state index is -0.320. The van der Waals surface area contributed by atoms with E-state index in [2.05, 4.69) is 84.3 Å². The molecular weight excluding hydrogens is 476 g/mol. The normalized spacial score (nSPS) is 17.2. The summed E-state index contributed by atoms with van der Waals surface area (Å²) in [5.74, 6) is 0.396. The maximum absolute atomic E-state index is 14.2. The van der Waals surface area contributed by atoms with Gasteiger partial charge in [0.15, 0.2) is 5.78 Å². The van der Waals surface area contributed by atoms with Crippen molar-refractivity contribution in [2.24, 2.45) is 0 Å². The molecule has 2 aliphatic rings. The van der Waals surface area contributed by atoms with Crippen LogP contribution in [0, 0.1) is 0 Å². The first-order chi connectivity index (χ1) is 19.2. The van der Waals surface area contributed by atoms with E-state index in [-0.39, 0.29) is 5.41 Å². The molecule has 0 aromatic heterocycles. The standard InChI is InChI=1S/C36H48N2O/c1-3-5-10-22-36(23-11-6-4-2)32-20-21-33(30-18-12-19-31(34(30)32)35(36)39)38-26-14-25-37(27-28-38)24-13-17-29-15-8-7-9-16-29/h7-9,12,15-16,18-21H,3-6,10-11,13-14,17,22-28H2,1-2H3. The Morgan fingerprint density at radius 3 is 2.26 bits per heavy atom. The molecule has 208 valence electrons. The van der Waals surface area contributed by atoms with Gasteiger partial charge in [0.1, 0.15) is 0 Å². The Labute approximate surface area is 236 Å². The maximum atomic E-state index is 14.2. The highest BCUT2D eigenvalue weighted by Crippen LogP contribution is 2.50. The van der Waals surface area contributed by atoms with Gasteiger partial charge in [0.25, 0.3) is 0 Å². The Kier molecular flexibility index (Phi) is 9.40. The summed E-state index contributed by atoms with van der Waals surface area (Å²) in [5, 5.41) is 2.56. The summed E-state index contributed by atoms with van der Waals surface area (Å²) in [6, 6.07) is 22.1. The second-order valence-corrected chi connectivity index (χ2v) is 12.0. The van der Waals surface area contributed by atoms with Gasteiger partial charge in [-0.25, -0.2) is 0 Å². The lowest BCUT2D eigenvalue weighted by molar-refractivity contribution is 0.0870. The Morgan fingerprint density at radius 1 is 0.744 bits per heavy atom. The lowest BCUT2D eigenvalue weighted by atomic mass is 9.72. The smallest absolute Gasteiger partial charge is 0.174 e. The molecule has 3 aromatic rings. The molecule has 1 aliphatic heterocycles. The first-order valence-electron chi connectivity index (χ1n) is 15.8. The minimum Gasteiger partial charge on any atom is -0.370 e. The molecule has 1 aliphatic carbocycles. The molecule has 0 bridgehead atoms. The van der Waals surface area contributed by atoms with Crippen LogP contribution in [-0.4, -0.2) is 43.4 Å². The summed E-state index contributed by atoms with van der Waals surface area (Å²) in [4.78, 5) is 19.4. The van der Waals surface area contributed by atoms with Gasteiger partial charge in [0.2, 0.25) is 0 Å². The molecule has 1 heterocycles. The molecule has 0 spiro atoms. The van der Waals surface area contributed by atoms with E-state index < -0.39 is 0 Å². The van der Waals surface area contributed by atoms with Crippen LogP contribution < -0.4 is 4.90 Å². The summed E-state index contributed by atoms with van der Waals surface area (Å²) >= 11 is 0. The number of unbranched alkanes of at least 4 members (excludes halogenated alkanes) is 4. The van der Waals surface area contributed by atoms with Gasteiger partial charge in [-0.2, -0.15) is 0 Å². The minimum absolute atomic E-state index is 0.320. The molecule has 0 saturated carbocycles. The predicted molar refractivity (Wildman–Crippen MR) is 166 cm³/mol. The molecule has 0 radical (unpaired) electrons. The number of nitrogens with zero attached hydrogens (tertiary/aromatic N) is 2. The number of hydrogen-bond acceptors (Lipinski definition) is 3. The summed E-state index contributed by atoms with van der Waals surface area (Å²) in [5.41, 5.74) is 4.75. The highest BCUT2D eigenvalue weighted by Gasteiger charge is 2.46. The summed E-state index contributed by atoms with van der Waals surface area (Å²) < 4.78 is 0. The van der Waals surface area contributed by atoms with Crippen LogP contribution in [0.3, 0.4) is 0 Å². The number of aryl methyl sites for hydroxylation is 1. The van der Waals surface area contributed by atoms with E-state index in [1.165, 1.54) is 79.2 Å². The zero-order chi connectivity index (χ0) is 27.1. The van der Waals surface area contributed by atoms with Crippen LogP contribution in [0.15, 0.2) is 60.7 Å². The van der Waals surface area contributed by atoms with Crippen molar-refractivity contribution in [3.05, 3.63) is 77.4 Å². The SMILES string of the molecule is CCCCCC1(CCCCC)C(=O)c2cccc3c(N4CCCN(CCCc5ccccc5)CC4)ccc1c23. The van der Waals surface area contributed by atoms with Crippen molar-refractivity contribution in [2.45, 2.75) is 89.9 Å². The Balaban J connectivity index is 1.35. The molecule has 39 heavy (non-hydrogen) atoms. The second-order valence-electron chi connectivity index (χ2n) is 12.0. The van der Waals surface area contributed by atoms with E-state index in [0.717, 1.165) is 57.3 Å². The molecule has 1 fully saturated rings. The largest absolute Gasteiger partial charge is 0.370 e. The highest BCUT2D eigenvalue weighted by molar-refractivity contribution is 6.22. The molecular formula is C36H48N2O. The van der Waals surface area contributed by atoms with Crippen LogP contribution in [0.25, 0.3) is 10.8 Å². The van der Waals surface area contributed by atoms with E-state index in [1.807, 2.05) is 0 Å². The van der Waals surface area contributed by atoms with Gasteiger partial charge in [0, 0.05) is 36.3 Å². The third-order valence-electron chi connectivity index (χ3n) is 9.34. The van der Waals surface area contributed by atoms with E-state index in [4.69, 9.17) is 0 Å². The number of ketones is 1. The van der Waals surface area contributed by atoms with Gasteiger partial charge in [-0.3, -0.25) is 4.79 Å². The fourth-order valence-corrected chi connectivity index (χ4v) is 7.20. The molecule has 0 amide bonds. The number of rotatable bonds is 13. The Bertz CT molecular complexity index is 1220. The molecule has 3 nitrogen and oxygen atoms in total. The van der Waals surface area contributed by atoms with Crippen LogP contribution in [0.5, 0.6) is 0 Å². The highest BCUT2D eigenvalue weighted by atomic mass is 16.1. The number of carbonyl (C=O) groups is 1. The van der Waals surface area contributed by atoms with Crippen molar-refractivity contribution in [2.75, 3.05) is 37.6 Å². The molecule has 0 atom stereocenters. The van der Waals surface area contributed by atoms with Crippen molar-refractivity contribution in [1.29, 1.82) is 0 Å². The van der Waals surface area contributed by atoms with Gasteiger partial charge in [-0.15, -0.1) is 0 Å². The third-order valence-corrected chi connectivity index (χ3v) is 9.34. The van der Waals surface area contributed by atoms with Crippen LogP contribution in [0.2, 0.25) is 0 Å². The zero-order valence-corrected chi connectivity index (χ0v) is 24.4. The summed E-state index contributed by atoms with van der Waals surface area (Å²) in [6.45, 7) is 10.1. The summed E-state index contributed by atoms with van der Waals surface area (Å²) in [6.07, 6.45) is 12.6. The predicted octanol–water partition coefficient (Wildman–Crippen LogP) is 8.58. The lowest BCUT2D eigenvalue weighted by Gasteiger charge is -2.30. The van der Waals surface area contributed by atoms with E-state index >= 15 is 0 Å². The fraction of sp³-hybridized carbons (Fsp3) is 0.528. The van der Waals surface area contributed by atoms with E-state index in [9.17, 15) is 4.79 Å². The fourth-order valence-electron chi connectivity index (χ4n) is 7.20. The number of Topliss-reactive ketones (excluding diaryl/α,β-unsaturated/α-hetero) is 1. The number of carbonyl (C=O) groups excluding carboxylic acids is 1. The molecule has 1 saturated heterocycles. The van der Waals surface area contributed by atoms with Crippen molar-refractivity contribution < 1.29 is 4.79 Å². The van der Waals surface area contributed by atoms with Crippen molar-refractivity contribution in [3.8, 4) is 0 Å². The Hall–Kier alpha value is -2.65. The van der Waals surface area contributed by atoms with Gasteiger partial charge in [-0.1, -0.05) is 107 Å². The molecule has 0 N–H and O–H groups in total. The van der Waals surface area contributed by atoms with Crippen molar-refractivity contribution in [1.82, 2.24) is 4.90 Å². The first kappa shape index (κ1) is 27.9. The van der Waals surface area contributed by atoms with Crippen LogP contribution >= 0.6 is 0 Å². The molecule has 5 rings (SSSR count). The van der Waals surface area contributed by atoms with Gasteiger partial charge in [0.05, 0.1) is 5.41 Å². The number of hydrogen-bond donors (Lipinski definition) is 0. The Morgan fingerprint density at radius 2 is 1.51 bits per heavy atom. The molecule has 3 aromatic carbocycles. The van der Waals surface area contributed by atoms with Crippen LogP contribution in [-0.2, 0) is 11.8 Å². The average Bonchev–Trinajstić information content (AvgIpc) is 3.09. The van der Waals surface area contributed by atoms with Gasteiger partial charge in [-0.05, 0) is 67.8 Å². The zero-order valence-electron chi connectivity index (χ0n) is 24.4. The third kappa shape index (κ3) is 5.94. The number of benzene rings is 3. The van der Waals surface area contributed by atoms with Crippen LogP contribution in [0.1, 0.15) is 99.5 Å². The summed E-state index contributed by atoms with van der Waals surface area (Å²) in [7, 11) is 0. The topological polar surface area (TPSA) is 23.6 Å². The van der Waals surface area contributed by atoms with Crippen LogP contribution in [0.4, 0.5) is 5.69 Å².